The van der Waals surface area contributed by atoms with Gasteiger partial charge in [0, 0.05) is 19.0 Å². The Morgan fingerprint density at radius 2 is 1.75 bits per heavy atom. The van der Waals surface area contributed by atoms with Crippen LogP contribution in [0.4, 0.5) is 5.69 Å². The minimum Gasteiger partial charge on any atom is -0.456 e. The Bertz CT molecular complexity index is 1400. The van der Waals surface area contributed by atoms with Gasteiger partial charge >= 0.3 is 5.97 Å². The number of nitrogens with zero attached hydrogens (tertiary/aromatic N) is 3. The summed E-state index contributed by atoms with van der Waals surface area (Å²) in [6.07, 6.45) is 2.72. The van der Waals surface area contributed by atoms with E-state index in [4.69, 9.17) is 4.74 Å². The lowest BCUT2D eigenvalue weighted by Crippen LogP contribution is -2.24. The molecule has 0 aliphatic heterocycles. The monoisotopic (exact) mass is 485 g/mol. The van der Waals surface area contributed by atoms with Gasteiger partial charge in [0.25, 0.3) is 5.69 Å². The lowest BCUT2D eigenvalue weighted by atomic mass is 9.98. The van der Waals surface area contributed by atoms with E-state index in [1.807, 2.05) is 69.3 Å². The Balaban J connectivity index is 1.67. The predicted molar refractivity (Wildman–Crippen MR) is 141 cm³/mol. The normalized spacial score (nSPS) is 11.6. The third-order valence-corrected chi connectivity index (χ3v) is 5.94. The molecule has 0 radical (unpaired) electrons. The summed E-state index contributed by atoms with van der Waals surface area (Å²) >= 11 is 0. The lowest BCUT2D eigenvalue weighted by Gasteiger charge is -2.20. The highest BCUT2D eigenvalue weighted by Gasteiger charge is 2.21. The number of nitro benzene ring substituents is 1. The van der Waals surface area contributed by atoms with Gasteiger partial charge in [0.15, 0.2) is 5.52 Å². The Morgan fingerprint density at radius 1 is 1.03 bits per heavy atom. The Hall–Kier alpha value is -4.00. The first kappa shape index (κ1) is 25.1. The summed E-state index contributed by atoms with van der Waals surface area (Å²) in [6, 6.07) is 20.6. The number of aromatic nitrogens is 2. The number of hydrogen-bond acceptors (Lipinski definition) is 5. The maximum atomic E-state index is 12.8. The highest BCUT2D eigenvalue weighted by molar-refractivity contribution is 5.97. The van der Waals surface area contributed by atoms with Gasteiger partial charge in [-0.1, -0.05) is 61.9 Å². The molecule has 7 nitrogen and oxygen atoms in total. The number of benzene rings is 3. The molecule has 4 rings (SSSR count). The van der Waals surface area contributed by atoms with E-state index in [9.17, 15) is 14.9 Å². The predicted octanol–water partition coefficient (Wildman–Crippen LogP) is 6.96. The van der Waals surface area contributed by atoms with Crippen molar-refractivity contribution in [3.05, 3.63) is 93.8 Å². The van der Waals surface area contributed by atoms with Crippen molar-refractivity contribution in [3.63, 3.8) is 0 Å². The number of para-hydroxylation sites is 1. The third kappa shape index (κ3) is 5.46. The van der Waals surface area contributed by atoms with E-state index >= 15 is 0 Å². The Morgan fingerprint density at radius 3 is 2.42 bits per heavy atom. The molecular weight excluding hydrogens is 454 g/mol. The number of hydrogen-bond donors (Lipinski definition) is 0. The Kier molecular flexibility index (Phi) is 7.20. The topological polar surface area (TPSA) is 87.3 Å². The molecule has 0 fully saturated rings. The number of fused-ring (bicyclic) bond motifs is 1. The van der Waals surface area contributed by atoms with Crippen LogP contribution in [0, 0.1) is 10.1 Å². The van der Waals surface area contributed by atoms with Crippen molar-refractivity contribution >= 4 is 22.7 Å². The molecule has 3 aromatic carbocycles. The molecule has 0 saturated heterocycles. The Labute approximate surface area is 210 Å². The first-order valence-electron chi connectivity index (χ1n) is 12.2. The summed E-state index contributed by atoms with van der Waals surface area (Å²) in [5.41, 5.74) is 3.92. The van der Waals surface area contributed by atoms with E-state index < -0.39 is 5.60 Å². The summed E-state index contributed by atoms with van der Waals surface area (Å²) in [7, 11) is 0. The van der Waals surface area contributed by atoms with Crippen LogP contribution < -0.4 is 0 Å². The van der Waals surface area contributed by atoms with E-state index in [2.05, 4.69) is 16.5 Å². The maximum Gasteiger partial charge on any atom is 0.339 e. The van der Waals surface area contributed by atoms with Gasteiger partial charge in [-0.05, 0) is 56.0 Å². The number of ether oxygens (including phenoxy) is 1. The number of aryl methyl sites for hydroxylation is 1. The number of carbonyl (C=O) groups excluding carboxylic acids is 1. The molecule has 0 aliphatic carbocycles. The van der Waals surface area contributed by atoms with Crippen molar-refractivity contribution in [1.29, 1.82) is 0 Å². The quantitative estimate of drug-likeness (QED) is 0.153. The molecule has 1 aromatic heterocycles. The van der Waals surface area contributed by atoms with Crippen LogP contribution >= 0.6 is 0 Å². The van der Waals surface area contributed by atoms with E-state index in [0.717, 1.165) is 47.3 Å². The van der Waals surface area contributed by atoms with E-state index in [1.54, 1.807) is 12.1 Å². The molecule has 0 unspecified atom stereocenters. The van der Waals surface area contributed by atoms with Gasteiger partial charge in [0.2, 0.25) is 0 Å². The third-order valence-electron chi connectivity index (χ3n) is 5.94. The molecule has 36 heavy (non-hydrogen) atoms. The first-order chi connectivity index (χ1) is 17.2. The highest BCUT2D eigenvalue weighted by Crippen LogP contribution is 2.29. The zero-order valence-electron chi connectivity index (χ0n) is 21.2. The molecule has 0 spiro atoms. The molecule has 0 bridgehead atoms. The zero-order valence-corrected chi connectivity index (χ0v) is 21.2. The number of unbranched alkanes of at least 4 members (excludes halogenated alkanes) is 1. The van der Waals surface area contributed by atoms with Crippen LogP contribution in [0.5, 0.6) is 0 Å². The summed E-state index contributed by atoms with van der Waals surface area (Å²) < 4.78 is 7.67. The van der Waals surface area contributed by atoms with Crippen molar-refractivity contribution in [2.45, 2.75) is 59.1 Å². The van der Waals surface area contributed by atoms with Gasteiger partial charge in [-0.2, -0.15) is 0 Å². The number of carbonyl (C=O) groups is 1. The van der Waals surface area contributed by atoms with Crippen LogP contribution in [0.1, 0.15) is 62.3 Å². The first-order valence-corrected chi connectivity index (χ1v) is 12.2. The number of rotatable bonds is 8. The molecule has 186 valence electrons. The summed E-state index contributed by atoms with van der Waals surface area (Å²) in [5, 5.41) is 11.6. The van der Waals surface area contributed by atoms with Crippen molar-refractivity contribution in [3.8, 4) is 11.1 Å². The number of imidazole rings is 1. The van der Waals surface area contributed by atoms with Crippen molar-refractivity contribution < 1.29 is 14.5 Å². The molecule has 1 heterocycles. The van der Waals surface area contributed by atoms with Gasteiger partial charge in [-0.15, -0.1) is 0 Å². The minimum atomic E-state index is -0.577. The van der Waals surface area contributed by atoms with Crippen LogP contribution in [0.15, 0.2) is 66.7 Å². The summed E-state index contributed by atoms with van der Waals surface area (Å²) in [6.45, 7) is 8.22. The second-order valence-corrected chi connectivity index (χ2v) is 9.86. The van der Waals surface area contributed by atoms with Crippen molar-refractivity contribution in [2.75, 3.05) is 0 Å². The molecule has 7 heteroatoms. The van der Waals surface area contributed by atoms with Gasteiger partial charge in [0.05, 0.1) is 16.0 Å². The van der Waals surface area contributed by atoms with Crippen LogP contribution in [0.25, 0.3) is 22.2 Å². The molecule has 0 atom stereocenters. The second-order valence-electron chi connectivity index (χ2n) is 9.86. The lowest BCUT2D eigenvalue weighted by molar-refractivity contribution is -0.383. The minimum absolute atomic E-state index is 0.0260. The number of esters is 1. The second kappa shape index (κ2) is 10.3. The fourth-order valence-corrected chi connectivity index (χ4v) is 4.25. The zero-order chi connectivity index (χ0) is 25.9. The SMILES string of the molecule is CCCCc1nc2c([N+](=O)[O-])cccc2n1Cc1ccc(-c2ccccc2C(=O)OC(C)(C)C)cc1. The largest absolute Gasteiger partial charge is 0.456 e. The number of non-ortho nitro benzene ring substituents is 1. The fraction of sp³-hybridized carbons (Fsp3) is 0.310. The van der Waals surface area contributed by atoms with Crippen molar-refractivity contribution in [1.82, 2.24) is 9.55 Å². The van der Waals surface area contributed by atoms with Crippen LogP contribution in [-0.2, 0) is 17.7 Å². The average Bonchev–Trinajstić information content (AvgIpc) is 3.19. The summed E-state index contributed by atoms with van der Waals surface area (Å²) in [4.78, 5) is 28.6. The molecule has 0 N–H and O–H groups in total. The van der Waals surface area contributed by atoms with Gasteiger partial charge < -0.3 is 9.30 Å². The van der Waals surface area contributed by atoms with Gasteiger partial charge in [-0.3, -0.25) is 10.1 Å². The smallest absolute Gasteiger partial charge is 0.339 e. The highest BCUT2D eigenvalue weighted by atomic mass is 16.6. The van der Waals surface area contributed by atoms with Crippen LogP contribution in [0.2, 0.25) is 0 Å². The average molecular weight is 486 g/mol. The molecule has 0 amide bonds. The van der Waals surface area contributed by atoms with Gasteiger partial charge in [-0.25, -0.2) is 9.78 Å². The standard InChI is InChI=1S/C29H31N3O4/c1-5-6-14-26-30-27-24(12-9-13-25(27)32(34)35)31(26)19-20-15-17-21(18-16-20)22-10-7-8-11-23(22)28(33)36-29(2,3)4/h7-13,15-18H,5-6,14,19H2,1-4H3. The van der Waals surface area contributed by atoms with Gasteiger partial charge in [0.1, 0.15) is 11.4 Å². The van der Waals surface area contributed by atoms with Crippen LogP contribution in [-0.4, -0.2) is 26.0 Å². The fourth-order valence-electron chi connectivity index (χ4n) is 4.25. The van der Waals surface area contributed by atoms with E-state index in [1.165, 1.54) is 6.07 Å². The van der Waals surface area contributed by atoms with Crippen LogP contribution in [0.3, 0.4) is 0 Å². The maximum absolute atomic E-state index is 12.8. The van der Waals surface area contributed by atoms with E-state index in [-0.39, 0.29) is 16.6 Å². The summed E-state index contributed by atoms with van der Waals surface area (Å²) in [5.74, 6) is 0.495. The van der Waals surface area contributed by atoms with Crippen molar-refractivity contribution in [2.24, 2.45) is 0 Å². The number of nitro groups is 1. The van der Waals surface area contributed by atoms with E-state index in [0.29, 0.717) is 17.6 Å². The molecule has 0 aliphatic rings. The molecular formula is C29H31N3O4. The molecule has 4 aromatic rings. The molecule has 0 saturated carbocycles.